The Morgan fingerprint density at radius 2 is 0.614 bits per heavy atom. The van der Waals surface area contributed by atoms with Gasteiger partial charge in [-0.3, -0.25) is 0 Å². The number of hydrogen-bond acceptors (Lipinski definition) is 2. The summed E-state index contributed by atoms with van der Waals surface area (Å²) in [5, 5.41) is 10.3. The minimum atomic E-state index is -0.141. The van der Waals surface area contributed by atoms with Gasteiger partial charge in [-0.25, -0.2) is 0 Å². The molecule has 494 valence electrons. The Hall–Kier alpha value is -10.1. The molecule has 0 N–H and O–H groups in total. The summed E-state index contributed by atoms with van der Waals surface area (Å²) in [6.07, 6.45) is 4.48. The fourth-order valence-electron chi connectivity index (χ4n) is 19.5. The van der Waals surface area contributed by atoms with Crippen molar-refractivity contribution in [2.45, 2.75) is 155 Å². The van der Waals surface area contributed by atoms with Crippen molar-refractivity contribution >= 4 is 133 Å². The maximum absolute atomic E-state index is 2.79. The van der Waals surface area contributed by atoms with Crippen LogP contribution in [-0.4, -0.2) is 15.5 Å². The normalized spacial score (nSPS) is 16.7. The van der Waals surface area contributed by atoms with Gasteiger partial charge in [0, 0.05) is 77.0 Å². The van der Waals surface area contributed by atoms with Crippen LogP contribution in [0.3, 0.4) is 0 Å². The van der Waals surface area contributed by atoms with Crippen molar-refractivity contribution in [2.75, 3.05) is 9.80 Å². The molecule has 2 aliphatic carbocycles. The van der Waals surface area contributed by atoms with Crippen LogP contribution in [0.2, 0.25) is 0 Å². The number of anilines is 6. The molecule has 4 aromatic heterocycles. The maximum Gasteiger partial charge on any atom is 0.252 e. The molecule has 101 heavy (non-hydrogen) atoms. The lowest BCUT2D eigenvalue weighted by Crippen LogP contribution is -2.62. The first-order valence-corrected chi connectivity index (χ1v) is 37.2. The molecular formula is C96H87BN4. The van der Waals surface area contributed by atoms with Gasteiger partial charge in [-0.05, 0) is 227 Å². The first kappa shape index (κ1) is 60.8. The van der Waals surface area contributed by atoms with Gasteiger partial charge in [0.15, 0.2) is 0 Å². The van der Waals surface area contributed by atoms with Gasteiger partial charge in [-0.1, -0.05) is 224 Å². The van der Waals surface area contributed by atoms with E-state index >= 15 is 0 Å². The summed E-state index contributed by atoms with van der Waals surface area (Å²) < 4.78 is 5.05. The SMILES string of the molecule is CC(C)(C)c1ccc(N2c3cc4c(cc3B3c5cc6c(cc5N(c5ccc(C(C)(C)C)cc5-c5cc7c8ccccc8n8c9ccccc9c(c5)c78)c5cc(-c7ccccc7)cc2c53)C(C)(C)CCC6(C)C)C(C)(C)CCC4(C)C)c(-c2cc3c4ccccc4n4c5ccccc5c(c2)c34)c1. The highest BCUT2D eigenvalue weighted by Crippen LogP contribution is 2.57. The number of fused-ring (bicyclic) bond motifs is 18. The van der Waals surface area contributed by atoms with E-state index < -0.39 is 0 Å². The highest BCUT2D eigenvalue weighted by molar-refractivity contribution is 7.00. The Morgan fingerprint density at radius 3 is 0.960 bits per heavy atom. The predicted molar refractivity (Wildman–Crippen MR) is 434 cm³/mol. The van der Waals surface area contributed by atoms with Gasteiger partial charge in [0.2, 0.25) is 0 Å². The molecule has 12 aromatic carbocycles. The molecule has 0 saturated heterocycles. The average molecular weight is 1310 g/mol. The molecule has 0 bridgehead atoms. The van der Waals surface area contributed by atoms with E-state index in [0.717, 1.165) is 25.7 Å². The topological polar surface area (TPSA) is 15.3 Å². The summed E-state index contributed by atoms with van der Waals surface area (Å²) in [5.74, 6) is 0. The molecule has 2 aliphatic heterocycles. The fraction of sp³-hybridized carbons (Fsp3) is 0.250. The van der Waals surface area contributed by atoms with E-state index in [-0.39, 0.29) is 39.2 Å². The van der Waals surface area contributed by atoms with Crippen molar-refractivity contribution in [3.63, 3.8) is 0 Å². The Bertz CT molecular complexity index is 5730. The number of para-hydroxylation sites is 4. The maximum atomic E-state index is 2.79. The zero-order valence-electron chi connectivity index (χ0n) is 61.1. The van der Waals surface area contributed by atoms with Crippen LogP contribution in [0.4, 0.5) is 34.1 Å². The predicted octanol–water partition coefficient (Wildman–Crippen LogP) is 24.4. The van der Waals surface area contributed by atoms with Crippen molar-refractivity contribution in [2.24, 2.45) is 0 Å². The zero-order chi connectivity index (χ0) is 69.1. The lowest BCUT2D eigenvalue weighted by Gasteiger charge is -2.49. The Kier molecular flexibility index (Phi) is 12.3. The van der Waals surface area contributed by atoms with Crippen LogP contribution in [0.1, 0.15) is 156 Å². The number of nitrogens with zero attached hydrogens (tertiary/aromatic N) is 4. The van der Waals surface area contributed by atoms with Gasteiger partial charge < -0.3 is 18.6 Å². The Labute approximate surface area is 594 Å². The highest BCUT2D eigenvalue weighted by Gasteiger charge is 2.50. The van der Waals surface area contributed by atoms with Crippen molar-refractivity contribution < 1.29 is 0 Å². The third-order valence-corrected chi connectivity index (χ3v) is 25.4. The monoisotopic (exact) mass is 1310 g/mol. The minimum absolute atomic E-state index is 0.0542. The Balaban J connectivity index is 0.949. The second kappa shape index (κ2) is 20.3. The summed E-state index contributed by atoms with van der Waals surface area (Å²) >= 11 is 0. The lowest BCUT2D eigenvalue weighted by molar-refractivity contribution is 0.332. The third kappa shape index (κ3) is 8.50. The van der Waals surface area contributed by atoms with Crippen LogP contribution in [0.15, 0.2) is 224 Å². The molecule has 20 rings (SSSR count). The highest BCUT2D eigenvalue weighted by atomic mass is 15.2. The molecular weight excluding hydrogens is 1220 g/mol. The van der Waals surface area contributed by atoms with Crippen molar-refractivity contribution in [3.05, 3.63) is 258 Å². The number of aromatic nitrogens is 2. The van der Waals surface area contributed by atoms with E-state index in [0.29, 0.717) is 0 Å². The van der Waals surface area contributed by atoms with E-state index in [1.165, 1.54) is 193 Å². The molecule has 0 unspecified atom stereocenters. The second-order valence-corrected chi connectivity index (χ2v) is 35.4. The van der Waals surface area contributed by atoms with Crippen molar-refractivity contribution in [1.29, 1.82) is 0 Å². The van der Waals surface area contributed by atoms with Crippen LogP contribution in [-0.2, 0) is 32.5 Å². The van der Waals surface area contributed by atoms with E-state index in [1.807, 2.05) is 0 Å². The van der Waals surface area contributed by atoms with E-state index in [4.69, 9.17) is 0 Å². The van der Waals surface area contributed by atoms with Crippen LogP contribution in [0.5, 0.6) is 0 Å². The number of benzene rings is 12. The van der Waals surface area contributed by atoms with Crippen molar-refractivity contribution in [3.8, 4) is 33.4 Å². The molecule has 0 radical (unpaired) electrons. The molecule has 0 fully saturated rings. The van der Waals surface area contributed by atoms with E-state index in [9.17, 15) is 0 Å². The molecule has 5 heteroatoms. The second-order valence-electron chi connectivity index (χ2n) is 35.4. The van der Waals surface area contributed by atoms with Crippen LogP contribution >= 0.6 is 0 Å². The largest absolute Gasteiger partial charge is 0.311 e. The first-order valence-electron chi connectivity index (χ1n) is 37.2. The molecule has 16 aromatic rings. The molecule has 0 spiro atoms. The van der Waals surface area contributed by atoms with Gasteiger partial charge in [0.05, 0.1) is 44.5 Å². The van der Waals surface area contributed by atoms with Gasteiger partial charge in [0.25, 0.3) is 6.71 Å². The molecule has 0 amide bonds. The van der Waals surface area contributed by atoms with E-state index in [2.05, 4.69) is 340 Å². The van der Waals surface area contributed by atoms with Gasteiger partial charge in [-0.2, -0.15) is 0 Å². The third-order valence-electron chi connectivity index (χ3n) is 25.4. The van der Waals surface area contributed by atoms with Gasteiger partial charge >= 0.3 is 0 Å². The summed E-state index contributed by atoms with van der Waals surface area (Å²) in [6, 6.07) is 89.1. The summed E-state index contributed by atoms with van der Waals surface area (Å²) in [6.45, 7) is 34.4. The molecule has 4 nitrogen and oxygen atoms in total. The molecule has 6 heterocycles. The summed E-state index contributed by atoms with van der Waals surface area (Å²) in [7, 11) is 0. The summed E-state index contributed by atoms with van der Waals surface area (Å²) in [4.78, 5) is 5.58. The van der Waals surface area contributed by atoms with Gasteiger partial charge in [-0.15, -0.1) is 0 Å². The molecule has 4 aliphatic rings. The average Bonchev–Trinajstić information content (AvgIpc) is 1.31. The van der Waals surface area contributed by atoms with Crippen LogP contribution in [0, 0.1) is 0 Å². The minimum Gasteiger partial charge on any atom is -0.311 e. The Morgan fingerprint density at radius 1 is 0.287 bits per heavy atom. The van der Waals surface area contributed by atoms with Crippen LogP contribution < -0.4 is 26.2 Å². The van der Waals surface area contributed by atoms with E-state index in [1.54, 1.807) is 0 Å². The lowest BCUT2D eigenvalue weighted by atomic mass is 9.32. The molecule has 0 atom stereocenters. The summed E-state index contributed by atoms with van der Waals surface area (Å²) in [5.41, 5.74) is 34.4. The first-order chi connectivity index (χ1) is 48.3. The number of hydrogen-bond donors (Lipinski definition) is 0. The van der Waals surface area contributed by atoms with Crippen molar-refractivity contribution in [1.82, 2.24) is 8.80 Å². The van der Waals surface area contributed by atoms with Gasteiger partial charge in [0.1, 0.15) is 0 Å². The number of rotatable bonds is 5. The fourth-order valence-corrected chi connectivity index (χ4v) is 19.5. The smallest absolute Gasteiger partial charge is 0.252 e. The zero-order valence-corrected chi connectivity index (χ0v) is 61.1. The van der Waals surface area contributed by atoms with Crippen LogP contribution in [0.25, 0.3) is 110 Å². The molecule has 0 saturated carbocycles. The quantitative estimate of drug-likeness (QED) is 0.160. The standard InChI is InChI=1S/C96H87BN4/c1-91(2,3)60-36-38-82(66(50-60)58-44-68-62-28-18-22-32-78(62)100-79-33-23-19-29-63(79)69(45-58)89(68)100)98-84-54-74-72(93(7,8)40-42-95(74,11)12)52-76(84)97-77-53-73-75(96(13,14)43-41-94(73,9)10)55-85(77)99(87-49-57(48-86(98)88(87)97)56-26-16-15-17-27-56)83-39-37-61(92(4,5)6)51-67(83)59-46-70-64-30-20-24-34-80(64)101-81-35-25-21-31-65(81)71(47-59)90(70)101/h15-39,44-55H,40-43H2,1-14H3.